The average molecular weight is 197 g/mol. The first-order chi connectivity index (χ1) is 6.85. The lowest BCUT2D eigenvalue weighted by atomic mass is 9.95. The molecule has 0 heterocycles. The molecule has 14 heavy (non-hydrogen) atoms. The summed E-state index contributed by atoms with van der Waals surface area (Å²) in [5.41, 5.74) is 5.48. The second-order valence-corrected chi connectivity index (χ2v) is 4.05. The van der Waals surface area contributed by atoms with Crippen molar-refractivity contribution in [3.05, 3.63) is 12.2 Å². The van der Waals surface area contributed by atoms with Crippen LogP contribution in [0.5, 0.6) is 0 Å². The molecule has 0 fully saturated rings. The van der Waals surface area contributed by atoms with Gasteiger partial charge in [-0.05, 0) is 31.7 Å². The van der Waals surface area contributed by atoms with E-state index in [1.807, 2.05) is 0 Å². The smallest absolute Gasteiger partial charge is 0.00773 e. The Hall–Kier alpha value is -0.300. The van der Waals surface area contributed by atoms with Gasteiger partial charge in [0.15, 0.2) is 0 Å². The number of hydrogen-bond donors (Lipinski definition) is 1. The molecule has 1 unspecified atom stereocenters. The lowest BCUT2D eigenvalue weighted by Gasteiger charge is -2.11. The lowest BCUT2D eigenvalue weighted by molar-refractivity contribution is 0.452. The van der Waals surface area contributed by atoms with Crippen molar-refractivity contribution >= 4 is 0 Å². The third-order valence-corrected chi connectivity index (χ3v) is 2.74. The standard InChI is InChI=1S/C13H27N/c1-3-5-6-7-10-13(4-2)11-8-9-12-14/h6-7,13H,3-5,8-12,14H2,1-2H3/b7-6-. The predicted molar refractivity (Wildman–Crippen MR) is 65.4 cm³/mol. The summed E-state index contributed by atoms with van der Waals surface area (Å²) in [5, 5.41) is 0. The first-order valence-corrected chi connectivity index (χ1v) is 6.20. The molecule has 1 nitrogen and oxygen atoms in total. The Balaban J connectivity index is 3.47. The monoisotopic (exact) mass is 197 g/mol. The van der Waals surface area contributed by atoms with Gasteiger partial charge < -0.3 is 5.73 Å². The minimum absolute atomic E-state index is 0.849. The molecule has 0 amide bonds. The summed E-state index contributed by atoms with van der Waals surface area (Å²) in [6.07, 6.45) is 13.6. The van der Waals surface area contributed by atoms with Gasteiger partial charge in [0.25, 0.3) is 0 Å². The first kappa shape index (κ1) is 13.7. The molecule has 0 spiro atoms. The summed E-state index contributed by atoms with van der Waals surface area (Å²) in [5.74, 6) is 0.884. The highest BCUT2D eigenvalue weighted by Gasteiger charge is 2.02. The van der Waals surface area contributed by atoms with Crippen molar-refractivity contribution in [2.24, 2.45) is 11.7 Å². The minimum Gasteiger partial charge on any atom is -0.330 e. The van der Waals surface area contributed by atoms with E-state index in [1.165, 1.54) is 44.9 Å². The molecular formula is C13H27N. The van der Waals surface area contributed by atoms with Crippen LogP contribution >= 0.6 is 0 Å². The molecular weight excluding hydrogens is 170 g/mol. The van der Waals surface area contributed by atoms with Gasteiger partial charge in [0.1, 0.15) is 0 Å². The fourth-order valence-corrected chi connectivity index (χ4v) is 1.64. The average Bonchev–Trinajstić information content (AvgIpc) is 2.22. The predicted octanol–water partition coefficient (Wildman–Crippen LogP) is 3.89. The van der Waals surface area contributed by atoms with Gasteiger partial charge >= 0.3 is 0 Å². The van der Waals surface area contributed by atoms with Crippen LogP contribution in [0.1, 0.15) is 58.8 Å². The topological polar surface area (TPSA) is 26.0 Å². The summed E-state index contributed by atoms with van der Waals surface area (Å²) in [6, 6.07) is 0. The summed E-state index contributed by atoms with van der Waals surface area (Å²) < 4.78 is 0. The molecule has 1 heteroatoms. The fourth-order valence-electron chi connectivity index (χ4n) is 1.64. The van der Waals surface area contributed by atoms with E-state index in [0.29, 0.717) is 0 Å². The van der Waals surface area contributed by atoms with E-state index in [1.54, 1.807) is 0 Å². The number of unbranched alkanes of at least 4 members (excludes halogenated alkanes) is 2. The van der Waals surface area contributed by atoms with E-state index in [4.69, 9.17) is 5.73 Å². The first-order valence-electron chi connectivity index (χ1n) is 6.20. The molecule has 1 atom stereocenters. The van der Waals surface area contributed by atoms with Gasteiger partial charge in [-0.2, -0.15) is 0 Å². The van der Waals surface area contributed by atoms with Gasteiger partial charge in [0.2, 0.25) is 0 Å². The zero-order valence-electron chi connectivity index (χ0n) is 9.97. The van der Waals surface area contributed by atoms with Crippen LogP contribution in [-0.4, -0.2) is 6.54 Å². The van der Waals surface area contributed by atoms with Gasteiger partial charge in [0.05, 0.1) is 0 Å². The summed E-state index contributed by atoms with van der Waals surface area (Å²) in [6.45, 7) is 5.37. The molecule has 84 valence electrons. The third kappa shape index (κ3) is 8.31. The molecule has 0 bridgehead atoms. The lowest BCUT2D eigenvalue weighted by Crippen LogP contribution is -2.02. The highest BCUT2D eigenvalue weighted by molar-refractivity contribution is 4.83. The highest BCUT2D eigenvalue weighted by atomic mass is 14.5. The number of rotatable bonds is 9. The van der Waals surface area contributed by atoms with E-state index in [-0.39, 0.29) is 0 Å². The second kappa shape index (κ2) is 10.8. The summed E-state index contributed by atoms with van der Waals surface area (Å²) in [4.78, 5) is 0. The Morgan fingerprint density at radius 1 is 1.14 bits per heavy atom. The molecule has 0 saturated carbocycles. The van der Waals surface area contributed by atoms with Gasteiger partial charge in [-0.15, -0.1) is 0 Å². The molecule has 0 aliphatic rings. The van der Waals surface area contributed by atoms with E-state index < -0.39 is 0 Å². The quantitative estimate of drug-likeness (QED) is 0.440. The molecule has 0 aromatic carbocycles. The van der Waals surface area contributed by atoms with Crippen LogP contribution in [0.2, 0.25) is 0 Å². The van der Waals surface area contributed by atoms with Gasteiger partial charge in [-0.25, -0.2) is 0 Å². The maximum Gasteiger partial charge on any atom is -0.00773 e. The molecule has 0 aromatic rings. The van der Waals surface area contributed by atoms with Crippen molar-refractivity contribution < 1.29 is 0 Å². The minimum atomic E-state index is 0.849. The number of nitrogens with two attached hydrogens (primary N) is 1. The Morgan fingerprint density at radius 3 is 2.50 bits per heavy atom. The summed E-state index contributed by atoms with van der Waals surface area (Å²) in [7, 11) is 0. The Kier molecular flexibility index (Phi) is 10.5. The molecule has 0 aliphatic heterocycles. The van der Waals surface area contributed by atoms with Crippen molar-refractivity contribution in [3.63, 3.8) is 0 Å². The van der Waals surface area contributed by atoms with Crippen LogP contribution in [-0.2, 0) is 0 Å². The zero-order chi connectivity index (χ0) is 10.6. The molecule has 0 radical (unpaired) electrons. The van der Waals surface area contributed by atoms with Crippen molar-refractivity contribution in [1.29, 1.82) is 0 Å². The largest absolute Gasteiger partial charge is 0.330 e. The van der Waals surface area contributed by atoms with Crippen LogP contribution in [0.3, 0.4) is 0 Å². The molecule has 0 rings (SSSR count). The van der Waals surface area contributed by atoms with Crippen molar-refractivity contribution in [3.8, 4) is 0 Å². The molecule has 0 aromatic heterocycles. The van der Waals surface area contributed by atoms with Crippen molar-refractivity contribution in [2.45, 2.75) is 58.8 Å². The maximum absolute atomic E-state index is 5.48. The van der Waals surface area contributed by atoms with E-state index >= 15 is 0 Å². The Morgan fingerprint density at radius 2 is 1.93 bits per heavy atom. The molecule has 0 saturated heterocycles. The maximum atomic E-state index is 5.48. The molecule has 0 aliphatic carbocycles. The zero-order valence-corrected chi connectivity index (χ0v) is 9.97. The third-order valence-electron chi connectivity index (χ3n) is 2.74. The fraction of sp³-hybridized carbons (Fsp3) is 0.846. The Bertz CT molecular complexity index is 129. The summed E-state index contributed by atoms with van der Waals surface area (Å²) >= 11 is 0. The van der Waals surface area contributed by atoms with Gasteiger partial charge in [-0.3, -0.25) is 0 Å². The second-order valence-electron chi connectivity index (χ2n) is 4.05. The van der Waals surface area contributed by atoms with E-state index in [9.17, 15) is 0 Å². The van der Waals surface area contributed by atoms with Crippen LogP contribution in [0.25, 0.3) is 0 Å². The van der Waals surface area contributed by atoms with E-state index in [0.717, 1.165) is 12.5 Å². The molecule has 2 N–H and O–H groups in total. The van der Waals surface area contributed by atoms with Crippen LogP contribution < -0.4 is 5.73 Å². The van der Waals surface area contributed by atoms with Gasteiger partial charge in [-0.1, -0.05) is 51.7 Å². The Labute approximate surface area is 89.8 Å². The van der Waals surface area contributed by atoms with Crippen LogP contribution in [0.4, 0.5) is 0 Å². The van der Waals surface area contributed by atoms with Gasteiger partial charge in [0, 0.05) is 0 Å². The van der Waals surface area contributed by atoms with E-state index in [2.05, 4.69) is 26.0 Å². The normalized spacial score (nSPS) is 13.6. The number of hydrogen-bond acceptors (Lipinski definition) is 1. The van der Waals surface area contributed by atoms with Crippen LogP contribution in [0, 0.1) is 5.92 Å². The van der Waals surface area contributed by atoms with Crippen LogP contribution in [0.15, 0.2) is 12.2 Å². The SMILES string of the molecule is CCC/C=C\CC(CC)CCCCN. The highest BCUT2D eigenvalue weighted by Crippen LogP contribution is 2.17. The van der Waals surface area contributed by atoms with Crippen molar-refractivity contribution in [1.82, 2.24) is 0 Å². The van der Waals surface area contributed by atoms with Crippen molar-refractivity contribution in [2.75, 3.05) is 6.54 Å². The number of allylic oxidation sites excluding steroid dienone is 2.